The summed E-state index contributed by atoms with van der Waals surface area (Å²) in [5.74, 6) is -0.523. The minimum Gasteiger partial charge on any atom is -0.332 e. The Kier molecular flexibility index (Phi) is 7.41. The molecule has 2 aromatic rings. The first kappa shape index (κ1) is 22.6. The number of carbonyl (C=O) groups is 1. The van der Waals surface area contributed by atoms with Crippen molar-refractivity contribution in [1.82, 2.24) is 20.0 Å². The van der Waals surface area contributed by atoms with Gasteiger partial charge in [-0.2, -0.15) is 18.3 Å². The van der Waals surface area contributed by atoms with Gasteiger partial charge in [0.2, 0.25) is 0 Å². The van der Waals surface area contributed by atoms with Crippen molar-refractivity contribution >= 4 is 17.5 Å². The van der Waals surface area contributed by atoms with Crippen LogP contribution in [-0.2, 0) is 12.7 Å². The van der Waals surface area contributed by atoms with E-state index in [1.165, 1.54) is 12.8 Å². The Hall–Kier alpha value is -2.06. The molecule has 0 atom stereocenters. The summed E-state index contributed by atoms with van der Waals surface area (Å²) in [5, 5.41) is 6.06. The molecule has 9 heteroatoms. The Balaban J connectivity index is 1.79. The van der Waals surface area contributed by atoms with E-state index in [2.05, 4.69) is 15.1 Å². The van der Waals surface area contributed by atoms with Crippen molar-refractivity contribution in [3.05, 3.63) is 51.8 Å². The van der Waals surface area contributed by atoms with Crippen LogP contribution >= 0.6 is 11.6 Å². The lowest BCUT2D eigenvalue weighted by Gasteiger charge is -2.27. The highest BCUT2D eigenvalue weighted by Crippen LogP contribution is 2.28. The zero-order valence-electron chi connectivity index (χ0n) is 16.9. The van der Waals surface area contributed by atoms with Crippen LogP contribution in [-0.4, -0.2) is 52.1 Å². The van der Waals surface area contributed by atoms with Crippen molar-refractivity contribution in [2.24, 2.45) is 0 Å². The summed E-state index contributed by atoms with van der Waals surface area (Å²) < 4.78 is 38.7. The summed E-state index contributed by atoms with van der Waals surface area (Å²) >= 11 is 6.41. The van der Waals surface area contributed by atoms with Crippen molar-refractivity contribution in [2.75, 3.05) is 26.2 Å². The summed E-state index contributed by atoms with van der Waals surface area (Å²) in [5.41, 5.74) is 0.361. The van der Waals surface area contributed by atoms with E-state index in [1.54, 1.807) is 4.90 Å². The maximum Gasteiger partial charge on any atom is 0.435 e. The van der Waals surface area contributed by atoms with Gasteiger partial charge in [0.25, 0.3) is 5.91 Å². The number of aryl methyl sites for hydroxylation is 1. The first-order valence-corrected chi connectivity index (χ1v) is 10.5. The number of alkyl halides is 3. The molecule has 0 radical (unpaired) electrons. The topological polar surface area (TPSA) is 52.2 Å². The molecule has 1 N–H and O–H groups in total. The molecule has 1 aromatic heterocycles. The molecule has 1 fully saturated rings. The molecular formula is C21H26ClF3N4O. The Labute approximate surface area is 179 Å². The minimum atomic E-state index is -4.61. The van der Waals surface area contributed by atoms with E-state index in [4.69, 9.17) is 11.6 Å². The van der Waals surface area contributed by atoms with Crippen molar-refractivity contribution in [3.63, 3.8) is 0 Å². The zero-order chi connectivity index (χ0) is 21.7. The Bertz CT molecular complexity index is 860. The highest BCUT2D eigenvalue weighted by Gasteiger charge is 2.35. The van der Waals surface area contributed by atoms with E-state index in [1.807, 2.05) is 25.1 Å². The zero-order valence-corrected chi connectivity index (χ0v) is 17.7. The number of rotatable bonds is 6. The number of benzene rings is 1. The highest BCUT2D eigenvalue weighted by molar-refractivity contribution is 6.32. The lowest BCUT2D eigenvalue weighted by atomic mass is 10.1. The van der Waals surface area contributed by atoms with Crippen molar-refractivity contribution in [2.45, 2.75) is 45.3 Å². The van der Waals surface area contributed by atoms with E-state index in [-0.39, 0.29) is 12.2 Å². The van der Waals surface area contributed by atoms with E-state index < -0.39 is 17.8 Å². The molecule has 5 nitrogen and oxygen atoms in total. The molecule has 1 aliphatic heterocycles. The Morgan fingerprint density at radius 1 is 1.23 bits per heavy atom. The van der Waals surface area contributed by atoms with E-state index >= 15 is 0 Å². The van der Waals surface area contributed by atoms with Gasteiger partial charge in [0.15, 0.2) is 5.69 Å². The molecule has 1 aromatic carbocycles. The normalized spacial score (nSPS) is 15.8. The largest absolute Gasteiger partial charge is 0.435 e. The van der Waals surface area contributed by atoms with Gasteiger partial charge in [0.05, 0.1) is 0 Å². The first-order chi connectivity index (χ1) is 14.3. The number of carbonyl (C=O) groups excluding carboxylic acids is 1. The van der Waals surface area contributed by atoms with Gasteiger partial charge < -0.3 is 9.80 Å². The van der Waals surface area contributed by atoms with Crippen LogP contribution in [0, 0.1) is 6.92 Å². The van der Waals surface area contributed by atoms with Gasteiger partial charge in [0.1, 0.15) is 5.69 Å². The molecule has 0 bridgehead atoms. The second-order valence-electron chi connectivity index (χ2n) is 7.70. The van der Waals surface area contributed by atoms with Gasteiger partial charge in [0, 0.05) is 30.7 Å². The predicted molar refractivity (Wildman–Crippen MR) is 109 cm³/mol. The SMILES string of the molecule is Cc1cccc(CN(CCN2CCCCCC2)C(=O)c2cc(C(F)(F)F)n[nH]2)c1Cl. The third-order valence-corrected chi connectivity index (χ3v) is 5.94. The van der Waals surface area contributed by atoms with Crippen molar-refractivity contribution < 1.29 is 18.0 Å². The predicted octanol–water partition coefficient (Wildman–Crippen LogP) is 4.91. The maximum atomic E-state index is 13.1. The van der Waals surface area contributed by atoms with Gasteiger partial charge in [-0.1, -0.05) is 42.6 Å². The fourth-order valence-electron chi connectivity index (χ4n) is 3.66. The quantitative estimate of drug-likeness (QED) is 0.691. The summed E-state index contributed by atoms with van der Waals surface area (Å²) in [6.45, 7) is 5.08. The van der Waals surface area contributed by atoms with Gasteiger partial charge in [-0.3, -0.25) is 9.89 Å². The molecule has 0 unspecified atom stereocenters. The number of hydrogen-bond donors (Lipinski definition) is 1. The molecule has 1 aliphatic rings. The summed E-state index contributed by atoms with van der Waals surface area (Å²) in [7, 11) is 0. The minimum absolute atomic E-state index is 0.179. The molecule has 0 spiro atoms. The summed E-state index contributed by atoms with van der Waals surface area (Å²) in [6, 6.07) is 6.32. The number of nitrogens with zero attached hydrogens (tertiary/aromatic N) is 3. The number of aromatic amines is 1. The summed E-state index contributed by atoms with van der Waals surface area (Å²) in [4.78, 5) is 16.9. The molecule has 164 valence electrons. The monoisotopic (exact) mass is 442 g/mol. The third kappa shape index (κ3) is 5.76. The molecule has 0 saturated carbocycles. The molecule has 3 rings (SSSR count). The van der Waals surface area contributed by atoms with E-state index in [0.717, 1.165) is 43.1 Å². The number of likely N-dealkylation sites (tertiary alicyclic amines) is 1. The first-order valence-electron chi connectivity index (χ1n) is 10.1. The average Bonchev–Trinajstić information content (AvgIpc) is 3.07. The fraction of sp³-hybridized carbons (Fsp3) is 0.524. The van der Waals surface area contributed by atoms with Gasteiger partial charge in [-0.15, -0.1) is 0 Å². The van der Waals surface area contributed by atoms with Gasteiger partial charge in [-0.05, 0) is 44.0 Å². The fourth-order valence-corrected chi connectivity index (χ4v) is 3.84. The van der Waals surface area contributed by atoms with Crippen molar-refractivity contribution in [1.29, 1.82) is 0 Å². The lowest BCUT2D eigenvalue weighted by Crippen LogP contribution is -2.39. The number of halogens is 4. The van der Waals surface area contributed by atoms with Gasteiger partial charge >= 0.3 is 6.18 Å². The van der Waals surface area contributed by atoms with Gasteiger partial charge in [-0.25, -0.2) is 0 Å². The van der Waals surface area contributed by atoms with Crippen LogP contribution in [0.1, 0.15) is 53.0 Å². The second-order valence-corrected chi connectivity index (χ2v) is 8.07. The standard InChI is InChI=1S/C21H26ClF3N4O/c1-15-7-6-8-16(19(15)22)14-29(12-11-28-9-4-2-3-5-10-28)20(30)17-13-18(27-26-17)21(23,24)25/h6-8,13H,2-5,9-12,14H2,1H3,(H,26,27). The lowest BCUT2D eigenvalue weighted by molar-refractivity contribution is -0.141. The Morgan fingerprint density at radius 2 is 1.93 bits per heavy atom. The Morgan fingerprint density at radius 3 is 2.57 bits per heavy atom. The van der Waals surface area contributed by atoms with Crippen LogP contribution < -0.4 is 0 Å². The van der Waals surface area contributed by atoms with Crippen molar-refractivity contribution in [3.8, 4) is 0 Å². The number of amides is 1. The van der Waals surface area contributed by atoms with Crippen LogP contribution in [0.25, 0.3) is 0 Å². The number of aromatic nitrogens is 2. The molecule has 1 saturated heterocycles. The number of H-pyrrole nitrogens is 1. The van der Waals surface area contributed by atoms with Crippen LogP contribution in [0.4, 0.5) is 13.2 Å². The van der Waals surface area contributed by atoms with Crippen LogP contribution in [0.3, 0.4) is 0 Å². The second kappa shape index (κ2) is 9.83. The molecule has 0 aliphatic carbocycles. The van der Waals surface area contributed by atoms with Crippen LogP contribution in [0.2, 0.25) is 5.02 Å². The molecule has 2 heterocycles. The van der Waals surface area contributed by atoms with E-state index in [9.17, 15) is 18.0 Å². The number of hydrogen-bond acceptors (Lipinski definition) is 3. The summed E-state index contributed by atoms with van der Waals surface area (Å²) in [6.07, 6.45) is 0.0326. The average molecular weight is 443 g/mol. The van der Waals surface area contributed by atoms with E-state index in [0.29, 0.717) is 18.1 Å². The third-order valence-electron chi connectivity index (χ3n) is 5.40. The maximum absolute atomic E-state index is 13.1. The highest BCUT2D eigenvalue weighted by atomic mass is 35.5. The molecular weight excluding hydrogens is 417 g/mol. The number of nitrogens with one attached hydrogen (secondary N) is 1. The van der Waals surface area contributed by atoms with Crippen LogP contribution in [0.15, 0.2) is 24.3 Å². The van der Waals surface area contributed by atoms with Crippen LogP contribution in [0.5, 0.6) is 0 Å². The smallest absolute Gasteiger partial charge is 0.332 e. The molecule has 1 amide bonds. The molecule has 30 heavy (non-hydrogen) atoms.